The van der Waals surface area contributed by atoms with Crippen LogP contribution in [0.4, 0.5) is 0 Å². The maximum atomic E-state index is 11.2. The van der Waals surface area contributed by atoms with E-state index in [1.54, 1.807) is 19.1 Å². The zero-order valence-corrected chi connectivity index (χ0v) is 9.75. The summed E-state index contributed by atoms with van der Waals surface area (Å²) in [5.74, 6) is -1.42. The maximum Gasteiger partial charge on any atom is 0.337 e. The first-order valence-corrected chi connectivity index (χ1v) is 5.02. The normalized spacial score (nSPS) is 11.9. The molecule has 0 bridgehead atoms. The van der Waals surface area contributed by atoms with Gasteiger partial charge in [-0.15, -0.1) is 0 Å². The van der Waals surface area contributed by atoms with Crippen LogP contribution in [0.2, 0.25) is 5.02 Å². The van der Waals surface area contributed by atoms with Gasteiger partial charge in [0.1, 0.15) is 0 Å². The van der Waals surface area contributed by atoms with Crippen molar-refractivity contribution in [2.45, 2.75) is 12.8 Å². The molecule has 1 rings (SSSR count). The van der Waals surface area contributed by atoms with Crippen LogP contribution in [0.1, 0.15) is 28.8 Å². The molecule has 0 aliphatic heterocycles. The number of halogens is 1. The van der Waals surface area contributed by atoms with Crippen LogP contribution in [0.5, 0.6) is 0 Å². The van der Waals surface area contributed by atoms with Gasteiger partial charge in [0.2, 0.25) is 5.91 Å². The summed E-state index contributed by atoms with van der Waals surface area (Å²) < 4.78 is 4.55. The summed E-state index contributed by atoms with van der Waals surface area (Å²) in [6, 6.07) is 4.61. The lowest BCUT2D eigenvalue weighted by Gasteiger charge is -2.10. The number of carbonyl (C=O) groups excluding carboxylic acids is 2. The Balaban J connectivity index is 3.09. The third kappa shape index (κ3) is 2.52. The molecule has 0 fully saturated rings. The van der Waals surface area contributed by atoms with Gasteiger partial charge in [0.15, 0.2) is 0 Å². The first kappa shape index (κ1) is 12.5. The summed E-state index contributed by atoms with van der Waals surface area (Å²) in [6.45, 7) is 1.65. The number of primary amides is 1. The summed E-state index contributed by atoms with van der Waals surface area (Å²) in [4.78, 5) is 22.2. The molecule has 0 saturated heterocycles. The van der Waals surface area contributed by atoms with Gasteiger partial charge in [0.05, 0.1) is 18.6 Å². The predicted octanol–water partition coefficient (Wildman–Crippen LogP) is 1.72. The molecule has 0 aliphatic rings. The Morgan fingerprint density at radius 3 is 2.50 bits per heavy atom. The topological polar surface area (TPSA) is 69.4 Å². The number of nitrogens with two attached hydrogens (primary N) is 1. The van der Waals surface area contributed by atoms with Crippen molar-refractivity contribution in [3.8, 4) is 0 Å². The standard InChI is InChI=1S/C11H12ClNO3/c1-6(10(13)14)8-4-3-7(5-9(8)12)11(15)16-2/h3-6H,1-2H3,(H2,13,14). The lowest BCUT2D eigenvalue weighted by Crippen LogP contribution is -2.19. The monoisotopic (exact) mass is 241 g/mol. The fourth-order valence-electron chi connectivity index (χ4n) is 1.28. The highest BCUT2D eigenvalue weighted by atomic mass is 35.5. The van der Waals surface area contributed by atoms with Crippen LogP contribution in [-0.2, 0) is 9.53 Å². The van der Waals surface area contributed by atoms with Crippen molar-refractivity contribution in [3.63, 3.8) is 0 Å². The number of carbonyl (C=O) groups is 2. The summed E-state index contributed by atoms with van der Waals surface area (Å²) in [6.07, 6.45) is 0. The van der Waals surface area contributed by atoms with Crippen molar-refractivity contribution >= 4 is 23.5 Å². The molecule has 2 N–H and O–H groups in total. The van der Waals surface area contributed by atoms with Crippen molar-refractivity contribution in [2.75, 3.05) is 7.11 Å². The number of methoxy groups -OCH3 is 1. The Hall–Kier alpha value is -1.55. The Kier molecular flexibility index (Phi) is 3.90. The highest BCUT2D eigenvalue weighted by Crippen LogP contribution is 2.25. The van der Waals surface area contributed by atoms with Gasteiger partial charge < -0.3 is 10.5 Å². The smallest absolute Gasteiger partial charge is 0.337 e. The van der Waals surface area contributed by atoms with Crippen molar-refractivity contribution in [1.29, 1.82) is 0 Å². The van der Waals surface area contributed by atoms with E-state index in [4.69, 9.17) is 17.3 Å². The van der Waals surface area contributed by atoms with Gasteiger partial charge in [0.25, 0.3) is 0 Å². The van der Waals surface area contributed by atoms with E-state index in [9.17, 15) is 9.59 Å². The second-order valence-electron chi connectivity index (χ2n) is 3.35. The zero-order valence-electron chi connectivity index (χ0n) is 8.99. The number of benzene rings is 1. The van der Waals surface area contributed by atoms with E-state index in [0.717, 1.165) is 0 Å². The van der Waals surface area contributed by atoms with Crippen LogP contribution < -0.4 is 5.73 Å². The second-order valence-corrected chi connectivity index (χ2v) is 3.76. The van der Waals surface area contributed by atoms with Crippen molar-refractivity contribution < 1.29 is 14.3 Å². The Bertz CT molecular complexity index is 431. The van der Waals surface area contributed by atoms with E-state index in [2.05, 4.69) is 4.74 Å². The third-order valence-electron chi connectivity index (χ3n) is 2.31. The summed E-state index contributed by atoms with van der Waals surface area (Å²) in [7, 11) is 1.29. The molecule has 0 aromatic heterocycles. The van der Waals surface area contributed by atoms with E-state index in [1.807, 2.05) is 0 Å². The predicted molar refractivity (Wildman–Crippen MR) is 60.4 cm³/mol. The molecule has 4 nitrogen and oxygen atoms in total. The Morgan fingerprint density at radius 1 is 1.44 bits per heavy atom. The zero-order chi connectivity index (χ0) is 12.3. The average Bonchev–Trinajstić information content (AvgIpc) is 2.26. The SMILES string of the molecule is COC(=O)c1ccc(C(C)C(N)=O)c(Cl)c1. The Labute approximate surface area is 98.3 Å². The number of hydrogen-bond acceptors (Lipinski definition) is 3. The van der Waals surface area contributed by atoms with Gasteiger partial charge in [-0.25, -0.2) is 4.79 Å². The van der Waals surface area contributed by atoms with Gasteiger partial charge in [-0.05, 0) is 24.6 Å². The van der Waals surface area contributed by atoms with E-state index < -0.39 is 17.8 Å². The molecular formula is C11H12ClNO3. The van der Waals surface area contributed by atoms with E-state index in [1.165, 1.54) is 13.2 Å². The van der Waals surface area contributed by atoms with Crippen LogP contribution in [0, 0.1) is 0 Å². The van der Waals surface area contributed by atoms with Crippen LogP contribution in [-0.4, -0.2) is 19.0 Å². The van der Waals surface area contributed by atoms with Crippen LogP contribution in [0.3, 0.4) is 0 Å². The molecule has 1 aromatic rings. The number of esters is 1. The molecule has 1 atom stereocenters. The first-order valence-electron chi connectivity index (χ1n) is 4.64. The van der Waals surface area contributed by atoms with Gasteiger partial charge in [0, 0.05) is 5.02 Å². The van der Waals surface area contributed by atoms with Crippen molar-refractivity contribution in [1.82, 2.24) is 0 Å². The molecule has 1 amide bonds. The number of rotatable bonds is 3. The molecule has 1 unspecified atom stereocenters. The van der Waals surface area contributed by atoms with Crippen LogP contribution >= 0.6 is 11.6 Å². The molecule has 0 spiro atoms. The van der Waals surface area contributed by atoms with E-state index >= 15 is 0 Å². The molecular weight excluding hydrogens is 230 g/mol. The summed E-state index contributed by atoms with van der Waals surface area (Å²) in [5, 5.41) is 0.328. The highest BCUT2D eigenvalue weighted by Gasteiger charge is 2.16. The fraction of sp³-hybridized carbons (Fsp3) is 0.273. The molecule has 0 heterocycles. The molecule has 5 heteroatoms. The fourth-order valence-corrected chi connectivity index (χ4v) is 1.62. The lowest BCUT2D eigenvalue weighted by atomic mass is 9.99. The Morgan fingerprint density at radius 2 is 2.06 bits per heavy atom. The van der Waals surface area contributed by atoms with Crippen molar-refractivity contribution in [2.24, 2.45) is 5.73 Å². The minimum absolute atomic E-state index is 0.328. The van der Waals surface area contributed by atoms with E-state index in [0.29, 0.717) is 16.1 Å². The molecule has 1 aromatic carbocycles. The highest BCUT2D eigenvalue weighted by molar-refractivity contribution is 6.32. The van der Waals surface area contributed by atoms with Crippen molar-refractivity contribution in [3.05, 3.63) is 34.3 Å². The van der Waals surface area contributed by atoms with Crippen LogP contribution in [0.25, 0.3) is 0 Å². The number of amides is 1. The van der Waals surface area contributed by atoms with Gasteiger partial charge >= 0.3 is 5.97 Å². The minimum Gasteiger partial charge on any atom is -0.465 e. The quantitative estimate of drug-likeness (QED) is 0.819. The second kappa shape index (κ2) is 4.99. The van der Waals surface area contributed by atoms with Gasteiger partial charge in [-0.3, -0.25) is 4.79 Å². The molecule has 16 heavy (non-hydrogen) atoms. The largest absolute Gasteiger partial charge is 0.465 e. The van der Waals surface area contributed by atoms with Gasteiger partial charge in [-0.1, -0.05) is 17.7 Å². The number of ether oxygens (including phenoxy) is 1. The van der Waals surface area contributed by atoms with Gasteiger partial charge in [-0.2, -0.15) is 0 Å². The average molecular weight is 242 g/mol. The number of hydrogen-bond donors (Lipinski definition) is 1. The maximum absolute atomic E-state index is 11.2. The lowest BCUT2D eigenvalue weighted by molar-refractivity contribution is -0.119. The summed E-state index contributed by atoms with van der Waals surface area (Å²) >= 11 is 5.95. The third-order valence-corrected chi connectivity index (χ3v) is 2.64. The minimum atomic E-state index is -0.487. The first-order chi connectivity index (χ1) is 7.47. The molecule has 86 valence electrons. The molecule has 0 saturated carbocycles. The van der Waals surface area contributed by atoms with E-state index in [-0.39, 0.29) is 0 Å². The molecule has 0 radical (unpaired) electrons. The van der Waals surface area contributed by atoms with Crippen LogP contribution in [0.15, 0.2) is 18.2 Å². The summed E-state index contributed by atoms with van der Waals surface area (Å²) in [5.41, 5.74) is 6.11. The molecule has 0 aliphatic carbocycles.